The summed E-state index contributed by atoms with van der Waals surface area (Å²) in [4.78, 5) is 56.0. The zero-order valence-electron chi connectivity index (χ0n) is 20.2. The summed E-state index contributed by atoms with van der Waals surface area (Å²) >= 11 is 0. The van der Waals surface area contributed by atoms with Crippen molar-refractivity contribution in [3.05, 3.63) is 42.0 Å². The number of amides is 3. The number of hydrogen-bond donors (Lipinski definition) is 4. The van der Waals surface area contributed by atoms with Crippen LogP contribution in [0.5, 0.6) is 0 Å². The van der Waals surface area contributed by atoms with E-state index in [1.54, 1.807) is 35.2 Å². The smallest absolute Gasteiger partial charge is 0.337 e. The Morgan fingerprint density at radius 1 is 1.23 bits per heavy atom. The van der Waals surface area contributed by atoms with E-state index in [0.29, 0.717) is 37.2 Å². The maximum Gasteiger partial charge on any atom is 0.337 e. The Labute approximate surface area is 204 Å². The summed E-state index contributed by atoms with van der Waals surface area (Å²) in [7, 11) is 1.50. The fourth-order valence-corrected chi connectivity index (χ4v) is 4.09. The third-order valence-electron chi connectivity index (χ3n) is 6.12. The molecule has 0 aliphatic carbocycles. The van der Waals surface area contributed by atoms with Crippen LogP contribution in [-0.2, 0) is 19.2 Å². The predicted molar refractivity (Wildman–Crippen MR) is 132 cm³/mol. The summed E-state index contributed by atoms with van der Waals surface area (Å²) < 4.78 is -0.589. The largest absolute Gasteiger partial charge is 0.481 e. The van der Waals surface area contributed by atoms with Crippen molar-refractivity contribution in [3.63, 3.8) is 0 Å². The van der Waals surface area contributed by atoms with Gasteiger partial charge >= 0.3 is 17.8 Å². The molecule has 3 atom stereocenters. The van der Waals surface area contributed by atoms with Crippen LogP contribution in [0.15, 0.2) is 47.0 Å². The van der Waals surface area contributed by atoms with E-state index in [2.05, 4.69) is 4.99 Å². The number of carboxylic acids is 1. The molecular weight excluding hydrogens is 452 g/mol. The molecular formula is C24H35N6O5+. The molecule has 1 aromatic carbocycles. The van der Waals surface area contributed by atoms with E-state index in [9.17, 15) is 24.3 Å². The number of imide groups is 1. The summed E-state index contributed by atoms with van der Waals surface area (Å²) in [6.45, 7) is 1.92. The molecule has 35 heavy (non-hydrogen) atoms. The van der Waals surface area contributed by atoms with Gasteiger partial charge in [0, 0.05) is 18.8 Å². The Morgan fingerprint density at radius 2 is 1.89 bits per heavy atom. The van der Waals surface area contributed by atoms with Crippen LogP contribution in [0.4, 0.5) is 5.69 Å². The van der Waals surface area contributed by atoms with Crippen LogP contribution < -0.4 is 22.1 Å². The lowest BCUT2D eigenvalue weighted by Gasteiger charge is -2.31. The quantitative estimate of drug-likeness (QED) is 0.120. The predicted octanol–water partition coefficient (Wildman–Crippen LogP) is 0.341. The van der Waals surface area contributed by atoms with Crippen molar-refractivity contribution < 1.29 is 28.8 Å². The number of carboxylic acid groups (broad SMARTS) is 1. The Balaban J connectivity index is 2.27. The van der Waals surface area contributed by atoms with E-state index in [1.807, 2.05) is 6.07 Å². The number of rotatable bonds is 10. The first-order chi connectivity index (χ1) is 16.5. The molecule has 0 saturated carbocycles. The highest BCUT2D eigenvalue weighted by atomic mass is 16.4. The van der Waals surface area contributed by atoms with E-state index in [1.165, 1.54) is 14.0 Å². The minimum Gasteiger partial charge on any atom is -0.481 e. The molecule has 1 aromatic rings. The van der Waals surface area contributed by atoms with Crippen molar-refractivity contribution in [2.24, 2.45) is 28.1 Å². The fourth-order valence-electron chi connectivity index (χ4n) is 4.09. The van der Waals surface area contributed by atoms with Gasteiger partial charge in [-0.3, -0.25) is 14.6 Å². The van der Waals surface area contributed by atoms with Crippen LogP contribution in [0, 0.1) is 5.92 Å². The highest BCUT2D eigenvalue weighted by molar-refractivity contribution is 5.98. The van der Waals surface area contributed by atoms with Crippen molar-refractivity contribution >= 4 is 35.3 Å². The van der Waals surface area contributed by atoms with Crippen LogP contribution in [-0.4, -0.2) is 72.0 Å². The van der Waals surface area contributed by atoms with Gasteiger partial charge in [0.2, 0.25) is 5.91 Å². The van der Waals surface area contributed by atoms with Gasteiger partial charge in [0.15, 0.2) is 5.96 Å². The lowest BCUT2D eigenvalue weighted by atomic mass is 9.99. The molecule has 11 heteroatoms. The molecule has 2 rings (SSSR count). The lowest BCUT2D eigenvalue weighted by Crippen LogP contribution is -2.59. The van der Waals surface area contributed by atoms with Crippen LogP contribution in [0.3, 0.4) is 0 Å². The van der Waals surface area contributed by atoms with Crippen molar-refractivity contribution in [3.8, 4) is 0 Å². The number of aliphatic imine (C=N–C) groups is 1. The van der Waals surface area contributed by atoms with Crippen LogP contribution >= 0.6 is 0 Å². The van der Waals surface area contributed by atoms with Gasteiger partial charge < -0.3 is 27.2 Å². The van der Waals surface area contributed by atoms with Crippen molar-refractivity contribution in [1.29, 1.82) is 0 Å². The molecule has 3 amide bonds. The summed E-state index contributed by atoms with van der Waals surface area (Å²) in [5.41, 5.74) is 18.0. The zero-order valence-corrected chi connectivity index (χ0v) is 20.2. The molecule has 1 heterocycles. The minimum absolute atomic E-state index is 0.00178. The summed E-state index contributed by atoms with van der Waals surface area (Å²) in [6, 6.07) is 8.06. The lowest BCUT2D eigenvalue weighted by molar-refractivity contribution is -0.752. The number of nitrogens with zero attached hydrogens (tertiary/aromatic N) is 3. The van der Waals surface area contributed by atoms with Gasteiger partial charge in [0.05, 0.1) is 26.3 Å². The number of quaternary nitrogens is 1. The summed E-state index contributed by atoms with van der Waals surface area (Å²) in [5.74, 6) is -3.29. The molecule has 1 aliphatic rings. The van der Waals surface area contributed by atoms with E-state index < -0.39 is 40.6 Å². The normalized spacial score (nSPS) is 18.6. The molecule has 2 unspecified atom stereocenters. The van der Waals surface area contributed by atoms with E-state index in [4.69, 9.17) is 17.2 Å². The molecule has 0 saturated heterocycles. The SMILES string of the molecule is CC(=O)[N+](C)(CC1=CC(CC(=O)O)C(=O)N(c2ccccc2)CC1)C(=O)[C@@H](N)CCCN=C(N)N. The second-order valence-corrected chi connectivity index (χ2v) is 8.87. The molecule has 0 aromatic heterocycles. The molecule has 0 bridgehead atoms. The average Bonchev–Trinajstić information content (AvgIpc) is 2.94. The van der Waals surface area contributed by atoms with Gasteiger partial charge in [-0.2, -0.15) is 4.48 Å². The van der Waals surface area contributed by atoms with Gasteiger partial charge in [0.1, 0.15) is 12.6 Å². The van der Waals surface area contributed by atoms with Gasteiger partial charge in [-0.25, -0.2) is 9.59 Å². The Hall–Kier alpha value is -3.57. The molecule has 0 fully saturated rings. The third-order valence-corrected chi connectivity index (χ3v) is 6.12. The van der Waals surface area contributed by atoms with Gasteiger partial charge in [0.25, 0.3) is 0 Å². The monoisotopic (exact) mass is 487 g/mol. The topological polar surface area (TPSA) is 182 Å². The number of para-hydroxylation sites is 1. The maximum atomic E-state index is 13.2. The van der Waals surface area contributed by atoms with Gasteiger partial charge in [-0.15, -0.1) is 0 Å². The van der Waals surface area contributed by atoms with E-state index in [-0.39, 0.29) is 24.8 Å². The first-order valence-corrected chi connectivity index (χ1v) is 11.5. The van der Waals surface area contributed by atoms with Crippen molar-refractivity contribution in [1.82, 2.24) is 0 Å². The summed E-state index contributed by atoms with van der Waals surface area (Å²) in [5, 5.41) is 9.38. The van der Waals surface area contributed by atoms with Crippen molar-refractivity contribution in [2.75, 3.05) is 31.6 Å². The molecule has 7 N–H and O–H groups in total. The standard InChI is InChI=1S/C24H34N6O5/c1-16(31)30(2,23(35)20(25)9-6-11-28-24(26)27)15-17-10-12-29(19-7-4-3-5-8-19)22(34)18(13-17)14-21(32)33/h3-5,7-8,13,18,20H,6,9-12,14-15,25H2,1-2H3,(H4-,26,27,28,32,33)/p+1/t18?,20-,30?/m0/s1. The highest BCUT2D eigenvalue weighted by Crippen LogP contribution is 2.27. The number of likely N-dealkylation sites (N-methyl/N-ethyl adjacent to an activating group) is 1. The molecule has 1 aliphatic heterocycles. The number of anilines is 1. The van der Waals surface area contributed by atoms with E-state index in [0.717, 1.165) is 0 Å². The number of aliphatic carboxylic acids is 1. The van der Waals surface area contributed by atoms with Crippen LogP contribution in [0.25, 0.3) is 0 Å². The number of carbonyl (C=O) groups excluding carboxylic acids is 3. The first-order valence-electron chi connectivity index (χ1n) is 11.5. The zero-order chi connectivity index (χ0) is 26.2. The highest BCUT2D eigenvalue weighted by Gasteiger charge is 2.42. The van der Waals surface area contributed by atoms with Gasteiger partial charge in [-0.05, 0) is 37.0 Å². The minimum atomic E-state index is -1.11. The maximum absolute atomic E-state index is 13.2. The Kier molecular flexibility index (Phi) is 9.67. The number of guanidine groups is 1. The van der Waals surface area contributed by atoms with E-state index >= 15 is 0 Å². The second-order valence-electron chi connectivity index (χ2n) is 8.87. The van der Waals surface area contributed by atoms with Gasteiger partial charge in [-0.1, -0.05) is 24.3 Å². The van der Waals surface area contributed by atoms with Crippen LogP contribution in [0.2, 0.25) is 0 Å². The molecule has 0 radical (unpaired) electrons. The number of hydrogen-bond acceptors (Lipinski definition) is 6. The Bertz CT molecular complexity index is 1000. The number of nitrogens with two attached hydrogens (primary N) is 3. The molecule has 11 nitrogen and oxygen atoms in total. The second kappa shape index (κ2) is 12.2. The average molecular weight is 488 g/mol. The fraction of sp³-hybridized carbons (Fsp3) is 0.458. The number of benzene rings is 1. The molecule has 190 valence electrons. The van der Waals surface area contributed by atoms with Crippen LogP contribution in [0.1, 0.15) is 32.6 Å². The molecule has 0 spiro atoms. The third kappa shape index (κ3) is 7.46. The first kappa shape index (κ1) is 27.7. The van der Waals surface area contributed by atoms with Crippen molar-refractivity contribution in [2.45, 2.75) is 38.6 Å². The summed E-state index contributed by atoms with van der Waals surface area (Å²) in [6.07, 6.45) is 2.33. The number of carbonyl (C=O) groups is 4. The Morgan fingerprint density at radius 3 is 2.46 bits per heavy atom.